The minimum absolute atomic E-state index is 0.286. The smallest absolute Gasteiger partial charge is 0.340 e. The second kappa shape index (κ2) is 8.43. The lowest BCUT2D eigenvalue weighted by Crippen LogP contribution is -2.14. The number of ether oxygens (including phenoxy) is 1. The first-order chi connectivity index (χ1) is 13.5. The average molecular weight is 377 g/mol. The Morgan fingerprint density at radius 3 is 2.18 bits per heavy atom. The molecule has 1 aromatic heterocycles. The first-order valence-electron chi connectivity index (χ1n) is 9.09. The molecule has 144 valence electrons. The first kappa shape index (κ1) is 19.2. The number of aromatic nitrogens is 1. The van der Waals surface area contributed by atoms with Crippen LogP contribution in [-0.2, 0) is 4.74 Å². The molecular formula is C22H23N3O3. The summed E-state index contributed by atoms with van der Waals surface area (Å²) in [7, 11) is 0. The fourth-order valence-corrected chi connectivity index (χ4v) is 3.01. The second-order valence-electron chi connectivity index (χ2n) is 6.37. The number of H-pyrrole nitrogens is 1. The fraction of sp³-hybridized carbons (Fsp3) is 0.182. The number of carbonyl (C=O) groups is 2. The van der Waals surface area contributed by atoms with E-state index < -0.39 is 5.97 Å². The second-order valence-corrected chi connectivity index (χ2v) is 6.37. The van der Waals surface area contributed by atoms with Gasteiger partial charge in [0, 0.05) is 22.8 Å². The molecule has 0 aliphatic carbocycles. The third kappa shape index (κ3) is 4.23. The van der Waals surface area contributed by atoms with Crippen LogP contribution in [0.25, 0.3) is 0 Å². The van der Waals surface area contributed by atoms with E-state index >= 15 is 0 Å². The normalized spacial score (nSPS) is 10.4. The topological polar surface area (TPSA) is 83.2 Å². The fourth-order valence-electron chi connectivity index (χ4n) is 3.01. The molecule has 0 atom stereocenters. The van der Waals surface area contributed by atoms with Gasteiger partial charge in [0.25, 0.3) is 5.91 Å². The number of hydrogen-bond acceptors (Lipinski definition) is 4. The predicted molar refractivity (Wildman–Crippen MR) is 110 cm³/mol. The van der Waals surface area contributed by atoms with Gasteiger partial charge in [0.05, 0.1) is 12.2 Å². The molecule has 0 aliphatic rings. The van der Waals surface area contributed by atoms with E-state index in [0.717, 1.165) is 11.4 Å². The Labute approximate surface area is 163 Å². The predicted octanol–water partition coefficient (Wildman–Crippen LogP) is 4.80. The van der Waals surface area contributed by atoms with E-state index in [1.807, 2.05) is 54.6 Å². The van der Waals surface area contributed by atoms with Gasteiger partial charge in [-0.2, -0.15) is 0 Å². The van der Waals surface area contributed by atoms with E-state index in [4.69, 9.17) is 4.74 Å². The number of hydrogen-bond donors (Lipinski definition) is 3. The number of carbonyl (C=O) groups excluding carboxylic acids is 2. The quantitative estimate of drug-likeness (QED) is 0.539. The molecular weight excluding hydrogens is 354 g/mol. The maximum Gasteiger partial charge on any atom is 0.340 e. The molecule has 0 saturated carbocycles. The van der Waals surface area contributed by atoms with Crippen molar-refractivity contribution >= 4 is 28.9 Å². The summed E-state index contributed by atoms with van der Waals surface area (Å²) in [4.78, 5) is 27.7. The SMILES string of the molecule is CCOC(=O)c1c(C)[nH]c(C(=O)Nc2ccc(Nc3ccccc3)cc2)c1C. The molecule has 0 aliphatic heterocycles. The Morgan fingerprint density at radius 1 is 0.929 bits per heavy atom. The van der Waals surface area contributed by atoms with Crippen molar-refractivity contribution in [3.8, 4) is 0 Å². The van der Waals surface area contributed by atoms with Crippen molar-refractivity contribution in [1.29, 1.82) is 0 Å². The summed E-state index contributed by atoms with van der Waals surface area (Å²) in [6, 6.07) is 17.3. The standard InChI is InChI=1S/C22H23N3O3/c1-4-28-22(27)19-14(2)20(23-15(19)3)21(26)25-18-12-10-17(11-13-18)24-16-8-6-5-7-9-16/h5-13,23-24H,4H2,1-3H3,(H,25,26). The van der Waals surface area contributed by atoms with Crippen LogP contribution in [0.4, 0.5) is 17.1 Å². The summed E-state index contributed by atoms with van der Waals surface area (Å²) in [6.45, 7) is 5.52. The molecule has 6 heteroatoms. The first-order valence-corrected chi connectivity index (χ1v) is 9.09. The monoisotopic (exact) mass is 377 g/mol. The average Bonchev–Trinajstić information content (AvgIpc) is 2.99. The van der Waals surface area contributed by atoms with E-state index in [2.05, 4.69) is 15.6 Å². The van der Waals surface area contributed by atoms with Crippen molar-refractivity contribution in [2.75, 3.05) is 17.2 Å². The summed E-state index contributed by atoms with van der Waals surface area (Å²) in [5.74, 6) is -0.732. The minimum atomic E-state index is -0.427. The summed E-state index contributed by atoms with van der Waals surface area (Å²) < 4.78 is 5.07. The number of aryl methyl sites for hydroxylation is 1. The van der Waals surface area contributed by atoms with Crippen LogP contribution in [-0.4, -0.2) is 23.5 Å². The maximum absolute atomic E-state index is 12.6. The highest BCUT2D eigenvalue weighted by atomic mass is 16.5. The Kier molecular flexibility index (Phi) is 5.79. The Balaban J connectivity index is 1.71. The number of esters is 1. The van der Waals surface area contributed by atoms with Crippen molar-refractivity contribution in [2.24, 2.45) is 0 Å². The van der Waals surface area contributed by atoms with Gasteiger partial charge < -0.3 is 20.4 Å². The number of aromatic amines is 1. The van der Waals surface area contributed by atoms with Crippen LogP contribution in [0.2, 0.25) is 0 Å². The number of rotatable bonds is 6. The lowest BCUT2D eigenvalue weighted by molar-refractivity contribution is 0.0525. The molecule has 1 amide bonds. The van der Waals surface area contributed by atoms with E-state index in [1.165, 1.54) is 0 Å². The van der Waals surface area contributed by atoms with Crippen molar-refractivity contribution in [1.82, 2.24) is 4.98 Å². The lowest BCUT2D eigenvalue weighted by atomic mass is 10.1. The number of nitrogens with one attached hydrogen (secondary N) is 3. The summed E-state index contributed by atoms with van der Waals surface area (Å²) in [6.07, 6.45) is 0. The van der Waals surface area contributed by atoms with Crippen molar-refractivity contribution in [3.05, 3.63) is 77.1 Å². The largest absolute Gasteiger partial charge is 0.462 e. The molecule has 3 N–H and O–H groups in total. The molecule has 28 heavy (non-hydrogen) atoms. The van der Waals surface area contributed by atoms with E-state index in [-0.39, 0.29) is 12.5 Å². The van der Waals surface area contributed by atoms with Gasteiger partial charge in [0.2, 0.25) is 0 Å². The Morgan fingerprint density at radius 2 is 1.54 bits per heavy atom. The molecule has 0 unspecified atom stereocenters. The van der Waals surface area contributed by atoms with E-state index in [0.29, 0.717) is 28.2 Å². The van der Waals surface area contributed by atoms with Gasteiger partial charge in [-0.15, -0.1) is 0 Å². The summed E-state index contributed by atoms with van der Waals surface area (Å²) in [5.41, 5.74) is 4.53. The number of para-hydroxylation sites is 1. The van der Waals surface area contributed by atoms with Crippen LogP contribution in [0.15, 0.2) is 54.6 Å². The molecule has 1 heterocycles. The van der Waals surface area contributed by atoms with Gasteiger partial charge in [0.1, 0.15) is 5.69 Å². The molecule has 2 aromatic carbocycles. The highest BCUT2D eigenvalue weighted by molar-refractivity contribution is 6.06. The molecule has 0 bridgehead atoms. The van der Waals surface area contributed by atoms with Gasteiger partial charge >= 0.3 is 5.97 Å². The highest BCUT2D eigenvalue weighted by Gasteiger charge is 2.22. The zero-order valence-corrected chi connectivity index (χ0v) is 16.1. The highest BCUT2D eigenvalue weighted by Crippen LogP contribution is 2.22. The maximum atomic E-state index is 12.6. The number of benzene rings is 2. The third-order valence-electron chi connectivity index (χ3n) is 4.35. The van der Waals surface area contributed by atoms with Crippen LogP contribution in [0, 0.1) is 13.8 Å². The van der Waals surface area contributed by atoms with E-state index in [1.54, 1.807) is 20.8 Å². The zero-order chi connectivity index (χ0) is 20.1. The molecule has 0 saturated heterocycles. The molecule has 3 aromatic rings. The summed E-state index contributed by atoms with van der Waals surface area (Å²) >= 11 is 0. The van der Waals surface area contributed by atoms with Crippen molar-refractivity contribution in [2.45, 2.75) is 20.8 Å². The van der Waals surface area contributed by atoms with Crippen LogP contribution >= 0.6 is 0 Å². The number of anilines is 3. The Hall–Kier alpha value is -3.54. The van der Waals surface area contributed by atoms with Crippen LogP contribution in [0.3, 0.4) is 0 Å². The van der Waals surface area contributed by atoms with Gasteiger partial charge in [-0.3, -0.25) is 4.79 Å². The van der Waals surface area contributed by atoms with Crippen LogP contribution in [0.5, 0.6) is 0 Å². The molecule has 0 fully saturated rings. The van der Waals surface area contributed by atoms with Gasteiger partial charge in [-0.05, 0) is 62.7 Å². The minimum Gasteiger partial charge on any atom is -0.462 e. The van der Waals surface area contributed by atoms with E-state index in [9.17, 15) is 9.59 Å². The van der Waals surface area contributed by atoms with Gasteiger partial charge in [-0.25, -0.2) is 4.79 Å². The van der Waals surface area contributed by atoms with Gasteiger partial charge in [-0.1, -0.05) is 18.2 Å². The van der Waals surface area contributed by atoms with Crippen molar-refractivity contribution < 1.29 is 14.3 Å². The van der Waals surface area contributed by atoms with Crippen LogP contribution in [0.1, 0.15) is 39.0 Å². The lowest BCUT2D eigenvalue weighted by Gasteiger charge is -2.09. The zero-order valence-electron chi connectivity index (χ0n) is 16.1. The molecule has 6 nitrogen and oxygen atoms in total. The molecule has 3 rings (SSSR count). The Bertz CT molecular complexity index is 976. The third-order valence-corrected chi connectivity index (χ3v) is 4.35. The summed E-state index contributed by atoms with van der Waals surface area (Å²) in [5, 5.41) is 6.14. The van der Waals surface area contributed by atoms with Crippen molar-refractivity contribution in [3.63, 3.8) is 0 Å². The molecule has 0 radical (unpaired) electrons. The molecule has 0 spiro atoms. The van der Waals surface area contributed by atoms with Gasteiger partial charge in [0.15, 0.2) is 0 Å². The van der Waals surface area contributed by atoms with Crippen LogP contribution < -0.4 is 10.6 Å². The number of amides is 1.